The molecular weight excluding hydrogens is 389 g/mol. The maximum atomic E-state index is 13.2. The lowest BCUT2D eigenvalue weighted by Gasteiger charge is -2.02. The van der Waals surface area contributed by atoms with Gasteiger partial charge in [0, 0.05) is 35.2 Å². The van der Waals surface area contributed by atoms with E-state index >= 15 is 0 Å². The second kappa shape index (κ2) is 9.73. The van der Waals surface area contributed by atoms with Crippen molar-refractivity contribution in [2.24, 2.45) is 4.99 Å². The summed E-state index contributed by atoms with van der Waals surface area (Å²) in [6.45, 7) is 6.59. The van der Waals surface area contributed by atoms with Crippen LogP contribution in [0.4, 0.5) is 4.39 Å². The number of nitrogens with one attached hydrogen (secondary N) is 2. The first-order valence-corrected chi connectivity index (χ1v) is 10.8. The number of rotatable bonds is 9. The molecule has 0 amide bonds. The van der Waals surface area contributed by atoms with Gasteiger partial charge in [-0.2, -0.15) is 11.8 Å². The van der Waals surface area contributed by atoms with E-state index in [1.165, 1.54) is 16.8 Å². The number of nitrogens with zero attached hydrogens (tertiary/aromatic N) is 3. The summed E-state index contributed by atoms with van der Waals surface area (Å²) in [5.74, 6) is 1.36. The number of hydrogen-bond donors (Lipinski definition) is 2. The Kier molecular flexibility index (Phi) is 7.09. The molecule has 0 unspecified atom stereocenters. The fourth-order valence-electron chi connectivity index (χ4n) is 3.12. The van der Waals surface area contributed by atoms with Gasteiger partial charge < -0.3 is 4.98 Å². The fourth-order valence-corrected chi connectivity index (χ4v) is 3.97. The summed E-state index contributed by atoms with van der Waals surface area (Å²) in [5, 5.41) is 3.18. The fraction of sp³-hybridized carbons (Fsp3) is 0.381. The summed E-state index contributed by atoms with van der Waals surface area (Å²) >= 11 is 1.77. The van der Waals surface area contributed by atoms with Crippen molar-refractivity contribution >= 4 is 17.5 Å². The van der Waals surface area contributed by atoms with Crippen LogP contribution in [0.15, 0.2) is 40.4 Å². The van der Waals surface area contributed by atoms with E-state index in [2.05, 4.69) is 27.0 Å². The van der Waals surface area contributed by atoms with Crippen molar-refractivity contribution in [3.63, 3.8) is 0 Å². The maximum Gasteiger partial charge on any atom is 0.280 e. The average molecular weight is 416 g/mol. The number of aromatic nitrogens is 4. The number of halogens is 1. The first-order valence-electron chi connectivity index (χ1n) is 9.69. The van der Waals surface area contributed by atoms with Gasteiger partial charge in [-0.05, 0) is 44.5 Å². The quantitative estimate of drug-likeness (QED) is 0.409. The highest BCUT2D eigenvalue weighted by Crippen LogP contribution is 2.14. The van der Waals surface area contributed by atoms with Crippen LogP contribution in [-0.2, 0) is 12.2 Å². The Morgan fingerprint density at radius 3 is 2.72 bits per heavy atom. The molecule has 0 fully saturated rings. The van der Waals surface area contributed by atoms with Crippen LogP contribution in [0.3, 0.4) is 0 Å². The summed E-state index contributed by atoms with van der Waals surface area (Å²) in [7, 11) is 0. The zero-order valence-corrected chi connectivity index (χ0v) is 17.8. The molecule has 154 valence electrons. The molecule has 0 atom stereocenters. The molecule has 1 aromatic carbocycles. The van der Waals surface area contributed by atoms with Gasteiger partial charge in [0.15, 0.2) is 0 Å². The molecule has 0 bridgehead atoms. The van der Waals surface area contributed by atoms with E-state index in [-0.39, 0.29) is 11.4 Å². The van der Waals surface area contributed by atoms with Gasteiger partial charge in [-0.1, -0.05) is 13.3 Å². The summed E-state index contributed by atoms with van der Waals surface area (Å²) in [6, 6.07) is 5.88. The van der Waals surface area contributed by atoms with Crippen molar-refractivity contribution < 1.29 is 4.39 Å². The van der Waals surface area contributed by atoms with Crippen LogP contribution in [0, 0.1) is 12.7 Å². The highest BCUT2D eigenvalue weighted by atomic mass is 32.2. The zero-order chi connectivity index (χ0) is 20.8. The molecular formula is C21H26FN5OS. The minimum absolute atomic E-state index is 0.152. The van der Waals surface area contributed by atoms with Crippen molar-refractivity contribution in [2.75, 3.05) is 12.3 Å². The Morgan fingerprint density at radius 1 is 1.31 bits per heavy atom. The van der Waals surface area contributed by atoms with Crippen molar-refractivity contribution in [3.8, 4) is 5.69 Å². The maximum absolute atomic E-state index is 13.2. The standard InChI is InChI=1S/C21H26FN5OS/c1-4-5-18-20(21(28)27(26-18)17-8-6-16(22)7-9-17)15(3)23-10-11-29-12-19-14(2)24-13-25-19/h6-9,13,26H,4-5,10-12H2,1-3H3,(H,24,25). The van der Waals surface area contributed by atoms with E-state index in [1.54, 1.807) is 30.2 Å². The minimum Gasteiger partial charge on any atom is -0.348 e. The Balaban J connectivity index is 1.73. The van der Waals surface area contributed by atoms with Gasteiger partial charge >= 0.3 is 0 Å². The molecule has 6 nitrogen and oxygen atoms in total. The number of imidazole rings is 1. The predicted octanol–water partition coefficient (Wildman–Crippen LogP) is 4.03. The summed E-state index contributed by atoms with van der Waals surface area (Å²) in [4.78, 5) is 25.0. The lowest BCUT2D eigenvalue weighted by atomic mass is 10.1. The van der Waals surface area contributed by atoms with E-state index in [4.69, 9.17) is 0 Å². The van der Waals surface area contributed by atoms with E-state index in [0.717, 1.165) is 47.1 Å². The minimum atomic E-state index is -0.331. The van der Waals surface area contributed by atoms with Gasteiger partial charge in [0.1, 0.15) is 5.82 Å². The first-order chi connectivity index (χ1) is 14.0. The van der Waals surface area contributed by atoms with Crippen LogP contribution in [0.2, 0.25) is 0 Å². The Labute approximate surface area is 173 Å². The van der Waals surface area contributed by atoms with Gasteiger partial charge in [-0.15, -0.1) is 0 Å². The average Bonchev–Trinajstić information content (AvgIpc) is 3.25. The highest BCUT2D eigenvalue weighted by molar-refractivity contribution is 7.98. The largest absolute Gasteiger partial charge is 0.348 e. The van der Waals surface area contributed by atoms with E-state index in [1.807, 2.05) is 13.8 Å². The third-order valence-electron chi connectivity index (χ3n) is 4.67. The number of aliphatic imine (C=N–C) groups is 1. The molecule has 2 heterocycles. The number of aromatic amines is 2. The molecule has 29 heavy (non-hydrogen) atoms. The van der Waals surface area contributed by atoms with Gasteiger partial charge in [0.05, 0.1) is 23.3 Å². The molecule has 0 aliphatic carbocycles. The number of H-pyrrole nitrogens is 2. The van der Waals surface area contributed by atoms with Crippen LogP contribution >= 0.6 is 11.8 Å². The Morgan fingerprint density at radius 2 is 2.07 bits per heavy atom. The predicted molar refractivity (Wildman–Crippen MR) is 117 cm³/mol. The van der Waals surface area contributed by atoms with Crippen molar-refractivity contribution in [3.05, 3.63) is 69.4 Å². The van der Waals surface area contributed by atoms with Gasteiger partial charge in [-0.3, -0.25) is 14.9 Å². The molecule has 0 spiro atoms. The third kappa shape index (κ3) is 5.06. The molecule has 3 aromatic rings. The summed E-state index contributed by atoms with van der Waals surface area (Å²) < 4.78 is 14.7. The van der Waals surface area contributed by atoms with E-state index in [0.29, 0.717) is 17.8 Å². The second-order valence-corrected chi connectivity index (χ2v) is 7.93. The summed E-state index contributed by atoms with van der Waals surface area (Å²) in [5.41, 5.74) is 4.82. The van der Waals surface area contributed by atoms with Gasteiger partial charge in [0.25, 0.3) is 5.56 Å². The first kappa shape index (κ1) is 21.1. The Bertz CT molecular complexity index is 1030. The lowest BCUT2D eigenvalue weighted by Crippen LogP contribution is -2.20. The summed E-state index contributed by atoms with van der Waals surface area (Å²) in [6.07, 6.45) is 3.36. The van der Waals surface area contributed by atoms with Crippen LogP contribution < -0.4 is 5.56 Å². The van der Waals surface area contributed by atoms with Crippen molar-refractivity contribution in [1.29, 1.82) is 0 Å². The normalized spacial score (nSPS) is 11.9. The smallest absolute Gasteiger partial charge is 0.280 e. The third-order valence-corrected chi connectivity index (χ3v) is 5.62. The topological polar surface area (TPSA) is 78.8 Å². The van der Waals surface area contributed by atoms with Crippen LogP contribution in [0.1, 0.15) is 42.9 Å². The molecule has 8 heteroatoms. The van der Waals surface area contributed by atoms with Gasteiger partial charge in [-0.25, -0.2) is 14.1 Å². The molecule has 0 radical (unpaired) electrons. The Hall–Kier alpha value is -2.61. The molecule has 0 saturated heterocycles. The van der Waals surface area contributed by atoms with Gasteiger partial charge in [0.2, 0.25) is 0 Å². The lowest BCUT2D eigenvalue weighted by molar-refractivity contribution is 0.626. The molecule has 0 aliphatic heterocycles. The number of aryl methyl sites for hydroxylation is 2. The molecule has 2 N–H and O–H groups in total. The van der Waals surface area contributed by atoms with Crippen LogP contribution in [-0.4, -0.2) is 37.8 Å². The van der Waals surface area contributed by atoms with Crippen molar-refractivity contribution in [1.82, 2.24) is 19.7 Å². The molecule has 3 rings (SSSR count). The van der Waals surface area contributed by atoms with Crippen molar-refractivity contribution in [2.45, 2.75) is 39.4 Å². The molecule has 0 saturated carbocycles. The van der Waals surface area contributed by atoms with E-state index < -0.39 is 0 Å². The monoisotopic (exact) mass is 415 g/mol. The molecule has 0 aliphatic rings. The number of hydrogen-bond acceptors (Lipinski definition) is 4. The SMILES string of the molecule is CCCc1[nH]n(-c2ccc(F)cc2)c(=O)c1C(C)=NCCSCc1nc[nH]c1C. The second-order valence-electron chi connectivity index (χ2n) is 6.83. The highest BCUT2D eigenvalue weighted by Gasteiger charge is 2.17. The van der Waals surface area contributed by atoms with Crippen LogP contribution in [0.25, 0.3) is 5.69 Å². The number of benzene rings is 1. The molecule has 2 aromatic heterocycles. The van der Waals surface area contributed by atoms with E-state index in [9.17, 15) is 9.18 Å². The van der Waals surface area contributed by atoms with Crippen LogP contribution in [0.5, 0.6) is 0 Å². The zero-order valence-electron chi connectivity index (χ0n) is 17.0. The number of thioether (sulfide) groups is 1.